The third-order valence-electron chi connectivity index (χ3n) is 8.54. The topological polar surface area (TPSA) is 104 Å². The van der Waals surface area contributed by atoms with Gasteiger partial charge >= 0.3 is 5.97 Å². The molecule has 0 aliphatic carbocycles. The molecule has 2 aliphatic rings. The lowest BCUT2D eigenvalue weighted by atomic mass is 10.0. The Bertz CT molecular complexity index is 1740. The number of aromatic nitrogens is 3. The van der Waals surface area contributed by atoms with Crippen LogP contribution >= 0.6 is 23.2 Å². The molecule has 0 amide bonds. The first-order valence-corrected chi connectivity index (χ1v) is 14.9. The monoisotopic (exact) mass is 622 g/mol. The summed E-state index contributed by atoms with van der Waals surface area (Å²) in [6, 6.07) is 11.2. The lowest BCUT2D eigenvalue weighted by molar-refractivity contribution is 0.0695. The molecule has 0 spiro atoms. The maximum absolute atomic E-state index is 13.3. The number of likely N-dealkylation sites (N-methyl/N-ethyl adjacent to an activating group) is 1. The molecule has 224 valence electrons. The maximum Gasteiger partial charge on any atom is 0.341 e. The van der Waals surface area contributed by atoms with Crippen LogP contribution in [0, 0.1) is 5.92 Å². The zero-order valence-corrected chi connectivity index (χ0v) is 25.6. The number of halogens is 2. The highest BCUT2D eigenvalue weighted by Gasteiger charge is 2.34. The molecule has 1 aromatic carbocycles. The molecular formula is C31H32Cl2N6O4. The molecule has 5 heterocycles. The highest BCUT2D eigenvalue weighted by Crippen LogP contribution is 2.38. The number of fused-ring (bicyclic) bond motifs is 1. The average Bonchev–Trinajstić information content (AvgIpc) is 3.31. The zero-order valence-electron chi connectivity index (χ0n) is 24.1. The molecule has 2 atom stereocenters. The second-order valence-electron chi connectivity index (χ2n) is 11.4. The van der Waals surface area contributed by atoms with E-state index in [9.17, 15) is 14.7 Å². The Morgan fingerprint density at radius 2 is 1.93 bits per heavy atom. The van der Waals surface area contributed by atoms with Gasteiger partial charge in [0.15, 0.2) is 0 Å². The van der Waals surface area contributed by atoms with E-state index in [1.807, 2.05) is 18.2 Å². The van der Waals surface area contributed by atoms with Gasteiger partial charge < -0.3 is 29.1 Å². The van der Waals surface area contributed by atoms with Crippen LogP contribution in [0.4, 0.5) is 11.5 Å². The van der Waals surface area contributed by atoms with Crippen molar-refractivity contribution >= 4 is 51.6 Å². The fourth-order valence-corrected chi connectivity index (χ4v) is 6.25. The van der Waals surface area contributed by atoms with Crippen molar-refractivity contribution in [3.8, 4) is 11.6 Å². The smallest absolute Gasteiger partial charge is 0.341 e. The summed E-state index contributed by atoms with van der Waals surface area (Å²) in [6.07, 6.45) is 5.61. The maximum atomic E-state index is 13.3. The molecule has 12 heteroatoms. The van der Waals surface area contributed by atoms with Crippen molar-refractivity contribution in [1.29, 1.82) is 0 Å². The van der Waals surface area contributed by atoms with E-state index in [4.69, 9.17) is 27.9 Å². The van der Waals surface area contributed by atoms with Gasteiger partial charge in [0, 0.05) is 43.5 Å². The van der Waals surface area contributed by atoms with Gasteiger partial charge in [0.25, 0.3) is 0 Å². The second-order valence-corrected chi connectivity index (χ2v) is 12.2. The number of hydrogen-bond acceptors (Lipinski definition) is 8. The van der Waals surface area contributed by atoms with Crippen LogP contribution in [0.5, 0.6) is 5.88 Å². The molecule has 43 heavy (non-hydrogen) atoms. The molecule has 1 N–H and O–H groups in total. The molecule has 0 radical (unpaired) electrons. The molecule has 0 bridgehead atoms. The largest absolute Gasteiger partial charge is 0.477 e. The minimum Gasteiger partial charge on any atom is -0.477 e. The van der Waals surface area contributed by atoms with Gasteiger partial charge in [0.2, 0.25) is 11.3 Å². The number of hydrogen-bond donors (Lipinski definition) is 1. The van der Waals surface area contributed by atoms with Crippen LogP contribution in [-0.2, 0) is 0 Å². The van der Waals surface area contributed by atoms with Gasteiger partial charge in [-0.3, -0.25) is 4.79 Å². The first-order chi connectivity index (χ1) is 20.6. The highest BCUT2D eigenvalue weighted by atomic mass is 35.5. The second kappa shape index (κ2) is 11.7. The van der Waals surface area contributed by atoms with Crippen molar-refractivity contribution in [2.75, 3.05) is 50.1 Å². The number of anilines is 2. The molecule has 3 aromatic heterocycles. The Morgan fingerprint density at radius 3 is 2.60 bits per heavy atom. The summed E-state index contributed by atoms with van der Waals surface area (Å²) in [5, 5.41) is 10.9. The normalized spacial score (nSPS) is 18.8. The molecule has 6 rings (SSSR count). The van der Waals surface area contributed by atoms with Crippen molar-refractivity contribution < 1.29 is 14.6 Å². The summed E-state index contributed by atoms with van der Waals surface area (Å²) in [5.41, 5.74) is 0.966. The number of ether oxygens (including phenoxy) is 1. The average molecular weight is 624 g/mol. The standard InChI is InChI=1S/C31H32Cl2N6O4/c1-18-8-10-38(27(18)17-43-30-23(32)5-4-9-34-30)26-12-25-21(11-24(26)33)29(40)22(31(41)42)16-39(25)19-6-7-28(35-13-19)37-14-20(15-37)36(2)3/h4-7,9,11-13,16,18,20,27H,8,10,14-15,17H2,1-3H3,(H,41,42). The fourth-order valence-electron chi connectivity index (χ4n) is 5.80. The fraction of sp³-hybridized carbons (Fsp3) is 0.355. The van der Waals surface area contributed by atoms with E-state index < -0.39 is 11.4 Å². The number of benzene rings is 1. The van der Waals surface area contributed by atoms with Crippen LogP contribution in [0.3, 0.4) is 0 Å². The van der Waals surface area contributed by atoms with Gasteiger partial charge in [-0.25, -0.2) is 14.8 Å². The summed E-state index contributed by atoms with van der Waals surface area (Å²) in [6.45, 7) is 5.00. The Hall–Kier alpha value is -3.86. The molecule has 2 fully saturated rings. The number of carbonyl (C=O) groups is 1. The Morgan fingerprint density at radius 1 is 1.14 bits per heavy atom. The predicted molar refractivity (Wildman–Crippen MR) is 169 cm³/mol. The molecule has 2 saturated heterocycles. The van der Waals surface area contributed by atoms with E-state index in [1.165, 1.54) is 6.20 Å². The van der Waals surface area contributed by atoms with Crippen LogP contribution in [0.15, 0.2) is 59.8 Å². The molecule has 4 aromatic rings. The number of carboxylic acids is 1. The van der Waals surface area contributed by atoms with Crippen molar-refractivity contribution in [1.82, 2.24) is 19.4 Å². The lowest BCUT2D eigenvalue weighted by Gasteiger charge is -2.43. The minimum atomic E-state index is -1.31. The number of nitrogens with zero attached hydrogens (tertiary/aromatic N) is 6. The van der Waals surface area contributed by atoms with Crippen molar-refractivity contribution in [2.24, 2.45) is 5.92 Å². The summed E-state index contributed by atoms with van der Waals surface area (Å²) in [5.74, 6) is 0.196. The van der Waals surface area contributed by atoms with Crippen LogP contribution in [-0.4, -0.2) is 82.9 Å². The van der Waals surface area contributed by atoms with Crippen molar-refractivity contribution in [3.05, 3.63) is 80.8 Å². The number of aromatic carboxylic acids is 1. The summed E-state index contributed by atoms with van der Waals surface area (Å²) in [7, 11) is 4.13. The van der Waals surface area contributed by atoms with Gasteiger partial charge in [-0.2, -0.15) is 0 Å². The van der Waals surface area contributed by atoms with Crippen LogP contribution < -0.4 is 20.0 Å². The van der Waals surface area contributed by atoms with Gasteiger partial charge in [0.1, 0.15) is 23.0 Å². The summed E-state index contributed by atoms with van der Waals surface area (Å²) >= 11 is 13.1. The lowest BCUT2D eigenvalue weighted by Crippen LogP contribution is -2.57. The van der Waals surface area contributed by atoms with Crippen LogP contribution in [0.2, 0.25) is 10.0 Å². The van der Waals surface area contributed by atoms with E-state index in [1.54, 1.807) is 35.2 Å². The third-order valence-corrected chi connectivity index (χ3v) is 9.13. The van der Waals surface area contributed by atoms with E-state index >= 15 is 0 Å². The number of pyridine rings is 3. The third kappa shape index (κ3) is 5.50. The Balaban J connectivity index is 1.38. The van der Waals surface area contributed by atoms with Gasteiger partial charge in [-0.1, -0.05) is 30.1 Å². The molecule has 0 saturated carbocycles. The van der Waals surface area contributed by atoms with E-state index in [0.29, 0.717) is 39.8 Å². The zero-order chi connectivity index (χ0) is 30.4. The van der Waals surface area contributed by atoms with E-state index in [-0.39, 0.29) is 22.9 Å². The molecule has 2 unspecified atom stereocenters. The minimum absolute atomic E-state index is 0.0324. The Kier molecular flexibility index (Phi) is 7.93. The molecular weight excluding hydrogens is 591 g/mol. The quantitative estimate of drug-likeness (QED) is 0.296. The predicted octanol–water partition coefficient (Wildman–Crippen LogP) is 4.83. The van der Waals surface area contributed by atoms with Crippen molar-refractivity contribution in [3.63, 3.8) is 0 Å². The highest BCUT2D eigenvalue weighted by molar-refractivity contribution is 6.34. The van der Waals surface area contributed by atoms with Crippen LogP contribution in [0.25, 0.3) is 16.6 Å². The number of rotatable bonds is 8. The summed E-state index contributed by atoms with van der Waals surface area (Å²) < 4.78 is 7.73. The van der Waals surface area contributed by atoms with Gasteiger partial charge in [0.05, 0.1) is 34.2 Å². The van der Waals surface area contributed by atoms with Crippen LogP contribution in [0.1, 0.15) is 23.7 Å². The van der Waals surface area contributed by atoms with Gasteiger partial charge in [-0.15, -0.1) is 0 Å². The summed E-state index contributed by atoms with van der Waals surface area (Å²) in [4.78, 5) is 40.8. The molecule has 10 nitrogen and oxygen atoms in total. The van der Waals surface area contributed by atoms with E-state index in [0.717, 1.165) is 37.6 Å². The number of carboxylic acid groups (broad SMARTS) is 1. The Labute approximate surface area is 259 Å². The first-order valence-electron chi connectivity index (χ1n) is 14.1. The van der Waals surface area contributed by atoms with Gasteiger partial charge in [-0.05, 0) is 62.8 Å². The SMILES string of the molecule is CC1CCN(c2cc3c(cc2Cl)c(=O)c(C(=O)O)cn3-c2ccc(N3CC(N(C)C)C3)nc2)C1COc1ncccc1Cl. The van der Waals surface area contributed by atoms with Crippen molar-refractivity contribution in [2.45, 2.75) is 25.4 Å². The van der Waals surface area contributed by atoms with E-state index in [2.05, 4.69) is 45.7 Å². The first kappa shape index (κ1) is 29.2. The molecule has 2 aliphatic heterocycles.